The highest BCUT2D eigenvalue weighted by atomic mass is 28.4. The van der Waals surface area contributed by atoms with Crippen LogP contribution >= 0.6 is 0 Å². The minimum atomic E-state index is -2.05. The highest BCUT2D eigenvalue weighted by Crippen LogP contribution is 2.38. The van der Waals surface area contributed by atoms with Gasteiger partial charge >= 0.3 is 6.09 Å². The van der Waals surface area contributed by atoms with Crippen molar-refractivity contribution in [1.29, 1.82) is 0 Å². The van der Waals surface area contributed by atoms with Gasteiger partial charge in [0.05, 0.1) is 6.04 Å². The third-order valence-corrected chi connectivity index (χ3v) is 8.76. The molecule has 6 nitrogen and oxygen atoms in total. The first-order chi connectivity index (χ1) is 10.2. The van der Waals surface area contributed by atoms with Crippen molar-refractivity contribution in [3.05, 3.63) is 0 Å². The van der Waals surface area contributed by atoms with E-state index in [0.29, 0.717) is 13.0 Å². The van der Waals surface area contributed by atoms with Crippen molar-refractivity contribution < 1.29 is 18.8 Å². The van der Waals surface area contributed by atoms with Crippen molar-refractivity contribution in [2.24, 2.45) is 0 Å². The topological polar surface area (TPSA) is 76.7 Å². The van der Waals surface area contributed by atoms with E-state index >= 15 is 0 Å². The molecule has 1 aliphatic heterocycles. The standard InChI is InChI=1S/C16H32N2O4Si/c1-15(2,3)21-14(20)18-11-9-12(13(19)17-10-11)22-23(7,8)16(4,5)6/h11-12H,9-10H2,1-8H3,(H,17,19)(H,18,20)/t11-,12+/m0/s1. The largest absolute Gasteiger partial charge is 0.444 e. The predicted octanol–water partition coefficient (Wildman–Crippen LogP) is 2.79. The maximum Gasteiger partial charge on any atom is 0.407 e. The summed E-state index contributed by atoms with van der Waals surface area (Å²) in [6, 6.07) is -0.183. The SMILES string of the molecule is CC(C)(C)OC(=O)N[C@@H]1CNC(=O)[C@H](O[Si](C)(C)C(C)(C)C)C1. The van der Waals surface area contributed by atoms with Gasteiger partial charge in [0.2, 0.25) is 5.91 Å². The van der Waals surface area contributed by atoms with Crippen molar-refractivity contribution in [3.8, 4) is 0 Å². The molecule has 0 aromatic rings. The molecule has 1 rings (SSSR count). The first-order valence-corrected chi connectivity index (χ1v) is 11.1. The lowest BCUT2D eigenvalue weighted by molar-refractivity contribution is -0.131. The van der Waals surface area contributed by atoms with Gasteiger partial charge in [0.25, 0.3) is 0 Å². The molecule has 0 radical (unpaired) electrons. The summed E-state index contributed by atoms with van der Waals surface area (Å²) in [6.07, 6.45) is -0.522. The van der Waals surface area contributed by atoms with E-state index in [1.165, 1.54) is 0 Å². The molecule has 2 N–H and O–H groups in total. The Bertz CT molecular complexity index is 452. The van der Waals surface area contributed by atoms with Crippen LogP contribution in [0.25, 0.3) is 0 Å². The van der Waals surface area contributed by atoms with E-state index in [2.05, 4.69) is 44.5 Å². The minimum Gasteiger partial charge on any atom is -0.444 e. The predicted molar refractivity (Wildman–Crippen MR) is 92.9 cm³/mol. The zero-order valence-corrected chi connectivity index (χ0v) is 16.7. The molecular formula is C16H32N2O4Si. The van der Waals surface area contributed by atoms with E-state index in [9.17, 15) is 9.59 Å². The van der Waals surface area contributed by atoms with Gasteiger partial charge in [-0.05, 0) is 38.9 Å². The molecule has 0 aromatic carbocycles. The zero-order valence-electron chi connectivity index (χ0n) is 15.7. The third kappa shape index (κ3) is 6.14. The van der Waals surface area contributed by atoms with Gasteiger partial charge in [0.15, 0.2) is 8.32 Å². The molecule has 0 saturated carbocycles. The Balaban J connectivity index is 2.66. The Morgan fingerprint density at radius 2 is 1.78 bits per heavy atom. The quantitative estimate of drug-likeness (QED) is 0.772. The molecule has 2 atom stereocenters. The summed E-state index contributed by atoms with van der Waals surface area (Å²) in [6.45, 7) is 16.5. The summed E-state index contributed by atoms with van der Waals surface area (Å²) in [4.78, 5) is 24.0. The number of hydrogen-bond acceptors (Lipinski definition) is 4. The second-order valence-corrected chi connectivity index (χ2v) is 13.4. The number of carbonyl (C=O) groups excluding carboxylic acids is 2. The molecule has 0 unspecified atom stereocenters. The number of rotatable bonds is 3. The van der Waals surface area contributed by atoms with E-state index in [1.54, 1.807) is 0 Å². The number of nitrogens with one attached hydrogen (secondary N) is 2. The molecule has 1 fully saturated rings. The first-order valence-electron chi connectivity index (χ1n) is 8.16. The van der Waals surface area contributed by atoms with Crippen LogP contribution in [0.5, 0.6) is 0 Å². The van der Waals surface area contributed by atoms with Crippen molar-refractivity contribution in [1.82, 2.24) is 10.6 Å². The molecule has 0 aromatic heterocycles. The summed E-state index contributed by atoms with van der Waals surface area (Å²) in [7, 11) is -2.05. The van der Waals surface area contributed by atoms with Crippen LogP contribution in [-0.2, 0) is 14.0 Å². The van der Waals surface area contributed by atoms with Crippen LogP contribution in [0.2, 0.25) is 18.1 Å². The average molecular weight is 345 g/mol. The second kappa shape index (κ2) is 6.81. The van der Waals surface area contributed by atoms with Crippen molar-refractivity contribution in [2.45, 2.75) is 83.8 Å². The Morgan fingerprint density at radius 1 is 1.22 bits per heavy atom. The lowest BCUT2D eigenvalue weighted by Gasteiger charge is -2.41. The summed E-state index contributed by atoms with van der Waals surface area (Å²) in [5.74, 6) is -0.0999. The zero-order chi connectivity index (χ0) is 18.1. The Hall–Kier alpha value is -1.08. The van der Waals surface area contributed by atoms with Gasteiger partial charge in [0.1, 0.15) is 11.7 Å². The van der Waals surface area contributed by atoms with E-state index < -0.39 is 26.1 Å². The fourth-order valence-corrected chi connectivity index (χ4v) is 3.27. The summed E-state index contributed by atoms with van der Waals surface area (Å²) >= 11 is 0. The van der Waals surface area contributed by atoms with Crippen molar-refractivity contribution in [3.63, 3.8) is 0 Å². The van der Waals surface area contributed by atoms with Crippen LogP contribution in [0.1, 0.15) is 48.0 Å². The molecule has 23 heavy (non-hydrogen) atoms. The summed E-state index contributed by atoms with van der Waals surface area (Å²) in [5, 5.41) is 5.65. The van der Waals surface area contributed by atoms with E-state index in [4.69, 9.17) is 9.16 Å². The number of ether oxygens (including phenoxy) is 1. The normalized spacial score (nSPS) is 23.2. The van der Waals surface area contributed by atoms with Gasteiger partial charge in [0, 0.05) is 13.0 Å². The maximum absolute atomic E-state index is 12.1. The Morgan fingerprint density at radius 3 is 2.26 bits per heavy atom. The Labute approximate surface area is 140 Å². The van der Waals surface area contributed by atoms with Gasteiger partial charge in [-0.2, -0.15) is 0 Å². The number of amides is 2. The molecule has 7 heteroatoms. The molecular weight excluding hydrogens is 312 g/mol. The summed E-state index contributed by atoms with van der Waals surface area (Å²) in [5.41, 5.74) is -0.543. The highest BCUT2D eigenvalue weighted by Gasteiger charge is 2.42. The van der Waals surface area contributed by atoms with Gasteiger partial charge < -0.3 is 19.8 Å². The van der Waals surface area contributed by atoms with E-state index in [0.717, 1.165) is 0 Å². The lowest BCUT2D eigenvalue weighted by atomic mass is 10.0. The van der Waals surface area contributed by atoms with Crippen molar-refractivity contribution >= 4 is 20.3 Å². The molecule has 1 aliphatic rings. The van der Waals surface area contributed by atoms with Crippen LogP contribution in [0, 0.1) is 0 Å². The molecule has 0 spiro atoms. The first kappa shape index (κ1) is 20.0. The average Bonchev–Trinajstić information content (AvgIpc) is 2.29. The number of hydrogen-bond donors (Lipinski definition) is 2. The maximum atomic E-state index is 12.1. The minimum absolute atomic E-state index is 0.0266. The fourth-order valence-electron chi connectivity index (χ4n) is 2.00. The van der Waals surface area contributed by atoms with Gasteiger partial charge in [-0.3, -0.25) is 4.79 Å². The van der Waals surface area contributed by atoms with E-state index in [-0.39, 0.29) is 17.0 Å². The molecule has 134 valence electrons. The van der Waals surface area contributed by atoms with Crippen LogP contribution in [0.4, 0.5) is 4.79 Å². The fraction of sp³-hybridized carbons (Fsp3) is 0.875. The van der Waals surface area contributed by atoms with Crippen LogP contribution < -0.4 is 10.6 Å². The van der Waals surface area contributed by atoms with E-state index in [1.807, 2.05) is 20.8 Å². The van der Waals surface area contributed by atoms with Gasteiger partial charge in [-0.15, -0.1) is 0 Å². The lowest BCUT2D eigenvalue weighted by Crippen LogP contribution is -2.58. The Kier molecular flexibility index (Phi) is 5.91. The van der Waals surface area contributed by atoms with Gasteiger partial charge in [-0.1, -0.05) is 20.8 Å². The molecule has 2 amide bonds. The van der Waals surface area contributed by atoms with Crippen LogP contribution in [-0.4, -0.2) is 44.6 Å². The number of carbonyl (C=O) groups is 2. The third-order valence-electron chi connectivity index (χ3n) is 4.28. The molecule has 1 heterocycles. The molecule has 0 aliphatic carbocycles. The summed E-state index contributed by atoms with van der Waals surface area (Å²) < 4.78 is 11.5. The number of piperidine rings is 1. The number of alkyl carbamates (subject to hydrolysis) is 1. The molecule has 1 saturated heterocycles. The van der Waals surface area contributed by atoms with Crippen LogP contribution in [0.15, 0.2) is 0 Å². The highest BCUT2D eigenvalue weighted by molar-refractivity contribution is 6.74. The van der Waals surface area contributed by atoms with Crippen molar-refractivity contribution in [2.75, 3.05) is 6.54 Å². The smallest absolute Gasteiger partial charge is 0.407 e. The monoisotopic (exact) mass is 344 g/mol. The second-order valence-electron chi connectivity index (χ2n) is 8.69. The molecule has 0 bridgehead atoms. The van der Waals surface area contributed by atoms with Crippen LogP contribution in [0.3, 0.4) is 0 Å². The van der Waals surface area contributed by atoms with Gasteiger partial charge in [-0.25, -0.2) is 4.79 Å².